The van der Waals surface area contributed by atoms with E-state index < -0.39 is 11.8 Å². The second-order valence-corrected chi connectivity index (χ2v) is 4.96. The Bertz CT molecular complexity index is 480. The molecule has 0 aromatic heterocycles. The second kappa shape index (κ2) is 4.51. The Labute approximate surface area is 116 Å². The first-order valence-electron chi connectivity index (χ1n) is 4.82. The van der Waals surface area contributed by atoms with Gasteiger partial charge in [0.25, 0.3) is 0 Å². The molecule has 1 unspecified atom stereocenters. The Balaban J connectivity index is 2.58. The quantitative estimate of drug-likeness (QED) is 0.635. The first kappa shape index (κ1) is 13.8. The van der Waals surface area contributed by atoms with Gasteiger partial charge < -0.3 is 4.74 Å². The van der Waals surface area contributed by atoms with E-state index in [1.54, 1.807) is 0 Å². The van der Waals surface area contributed by atoms with Crippen molar-refractivity contribution < 1.29 is 17.9 Å². The minimum absolute atomic E-state index is 0.0189. The van der Waals surface area contributed by atoms with Crippen LogP contribution < -0.4 is 0 Å². The van der Waals surface area contributed by atoms with Gasteiger partial charge in [-0.1, -0.05) is 34.8 Å². The summed E-state index contributed by atoms with van der Waals surface area (Å²) in [6.45, 7) is 0. The molecule has 1 aliphatic heterocycles. The largest absolute Gasteiger partial charge is 0.481 e. The van der Waals surface area contributed by atoms with Gasteiger partial charge in [0.2, 0.25) is 5.60 Å². The molecule has 0 spiro atoms. The van der Waals surface area contributed by atoms with Gasteiger partial charge in [-0.2, -0.15) is 13.2 Å². The van der Waals surface area contributed by atoms with Crippen molar-refractivity contribution in [2.45, 2.75) is 18.2 Å². The number of rotatable bonds is 1. The molecule has 0 N–H and O–H groups in total. The van der Waals surface area contributed by atoms with Crippen LogP contribution in [-0.4, -0.2) is 6.18 Å². The first-order chi connectivity index (χ1) is 8.28. The SMILES string of the molecule is FC(F)(F)C1(c2cc(Cl)c(Cl)c(Cl)c2)CC=CO1. The molecule has 0 saturated heterocycles. The third kappa shape index (κ3) is 2.06. The number of halogens is 6. The van der Waals surface area contributed by atoms with E-state index in [1.807, 2.05) is 0 Å². The minimum atomic E-state index is -4.59. The van der Waals surface area contributed by atoms with Gasteiger partial charge in [-0.3, -0.25) is 0 Å². The highest BCUT2D eigenvalue weighted by atomic mass is 35.5. The molecule has 0 bridgehead atoms. The smallest absolute Gasteiger partial charge is 0.432 e. The van der Waals surface area contributed by atoms with Crippen LogP contribution in [0.1, 0.15) is 12.0 Å². The number of benzene rings is 1. The Hall–Kier alpha value is -0.580. The summed E-state index contributed by atoms with van der Waals surface area (Å²) in [5.74, 6) is 0. The van der Waals surface area contributed by atoms with Gasteiger partial charge >= 0.3 is 6.18 Å². The van der Waals surface area contributed by atoms with E-state index in [0.29, 0.717) is 0 Å². The number of ether oxygens (including phenoxy) is 1. The van der Waals surface area contributed by atoms with Crippen molar-refractivity contribution in [3.63, 3.8) is 0 Å². The molecule has 1 aromatic rings. The van der Waals surface area contributed by atoms with Crippen LogP contribution in [0.4, 0.5) is 13.2 Å². The summed E-state index contributed by atoms with van der Waals surface area (Å²) in [7, 11) is 0. The Kier molecular flexibility index (Phi) is 3.47. The van der Waals surface area contributed by atoms with Crippen LogP contribution in [0.15, 0.2) is 24.5 Å². The van der Waals surface area contributed by atoms with E-state index in [2.05, 4.69) is 0 Å². The van der Waals surface area contributed by atoms with Crippen molar-refractivity contribution in [1.29, 1.82) is 0 Å². The zero-order valence-corrected chi connectivity index (χ0v) is 11.0. The molecule has 1 heterocycles. The van der Waals surface area contributed by atoms with Crippen LogP contribution >= 0.6 is 34.8 Å². The topological polar surface area (TPSA) is 9.23 Å². The van der Waals surface area contributed by atoms with Gasteiger partial charge in [-0.15, -0.1) is 0 Å². The average molecular weight is 318 g/mol. The lowest BCUT2D eigenvalue weighted by Crippen LogP contribution is -2.41. The summed E-state index contributed by atoms with van der Waals surface area (Å²) < 4.78 is 44.3. The predicted molar refractivity (Wildman–Crippen MR) is 64.0 cm³/mol. The number of hydrogen-bond donors (Lipinski definition) is 0. The third-order valence-corrected chi connectivity index (χ3v) is 3.88. The zero-order chi connectivity index (χ0) is 13.6. The molecule has 7 heteroatoms. The van der Waals surface area contributed by atoms with Gasteiger partial charge in [-0.05, 0) is 18.2 Å². The van der Waals surface area contributed by atoms with E-state index in [0.717, 1.165) is 18.4 Å². The summed E-state index contributed by atoms with van der Waals surface area (Å²) in [5.41, 5.74) is -2.61. The lowest BCUT2D eigenvalue weighted by Gasteiger charge is -2.31. The van der Waals surface area contributed by atoms with Gasteiger partial charge in [0.15, 0.2) is 0 Å². The molecule has 1 nitrogen and oxygen atoms in total. The fourth-order valence-electron chi connectivity index (χ4n) is 1.75. The van der Waals surface area contributed by atoms with Gasteiger partial charge in [0.1, 0.15) is 0 Å². The van der Waals surface area contributed by atoms with E-state index in [-0.39, 0.29) is 27.1 Å². The molecule has 1 atom stereocenters. The van der Waals surface area contributed by atoms with Crippen LogP contribution in [-0.2, 0) is 10.3 Å². The molecular weight excluding hydrogens is 311 g/mol. The first-order valence-corrected chi connectivity index (χ1v) is 5.96. The number of hydrogen-bond acceptors (Lipinski definition) is 1. The summed E-state index contributed by atoms with van der Waals surface area (Å²) >= 11 is 17.2. The summed E-state index contributed by atoms with van der Waals surface area (Å²) in [4.78, 5) is 0. The highest BCUT2D eigenvalue weighted by molar-refractivity contribution is 6.48. The van der Waals surface area contributed by atoms with E-state index in [1.165, 1.54) is 6.08 Å². The zero-order valence-electron chi connectivity index (χ0n) is 8.69. The van der Waals surface area contributed by atoms with Crippen LogP contribution in [0.25, 0.3) is 0 Å². The van der Waals surface area contributed by atoms with Crippen LogP contribution in [0.2, 0.25) is 15.1 Å². The highest BCUT2D eigenvalue weighted by Gasteiger charge is 2.59. The maximum absolute atomic E-state index is 13.2. The van der Waals surface area contributed by atoms with E-state index in [4.69, 9.17) is 39.5 Å². The standard InChI is InChI=1S/C11H6Cl3F3O/c12-7-4-6(5-8(13)9(7)14)10(11(15,16)17)2-1-3-18-10/h1,3-5H,2H2. The van der Waals surface area contributed by atoms with E-state index in [9.17, 15) is 13.2 Å². The maximum Gasteiger partial charge on any atom is 0.432 e. The maximum atomic E-state index is 13.2. The molecule has 0 radical (unpaired) electrons. The van der Waals surface area contributed by atoms with Gasteiger partial charge in [0.05, 0.1) is 21.3 Å². The summed E-state index contributed by atoms with van der Waals surface area (Å²) in [6, 6.07) is 2.24. The normalized spacial score (nSPS) is 23.2. The van der Waals surface area contributed by atoms with Crippen LogP contribution in [0.5, 0.6) is 0 Å². The molecule has 0 fully saturated rings. The lowest BCUT2D eigenvalue weighted by molar-refractivity contribution is -0.261. The molecular formula is C11H6Cl3F3O. The van der Waals surface area contributed by atoms with Crippen molar-refractivity contribution in [2.75, 3.05) is 0 Å². The van der Waals surface area contributed by atoms with Crippen LogP contribution in [0, 0.1) is 0 Å². The molecule has 0 amide bonds. The fourth-order valence-corrected chi connectivity index (χ4v) is 2.34. The van der Waals surface area contributed by atoms with Gasteiger partial charge in [0, 0.05) is 12.0 Å². The Morgan fingerprint density at radius 1 is 1.11 bits per heavy atom. The average Bonchev–Trinajstić information content (AvgIpc) is 2.74. The molecule has 1 aromatic carbocycles. The van der Waals surface area contributed by atoms with Crippen molar-refractivity contribution in [2.24, 2.45) is 0 Å². The minimum Gasteiger partial charge on any atom is -0.481 e. The monoisotopic (exact) mass is 316 g/mol. The number of alkyl halides is 3. The molecule has 2 rings (SSSR count). The second-order valence-electron chi connectivity index (χ2n) is 3.77. The molecule has 1 aliphatic rings. The Morgan fingerprint density at radius 2 is 1.67 bits per heavy atom. The summed E-state index contributed by atoms with van der Waals surface area (Å²) in [5, 5.41) is -0.0676. The van der Waals surface area contributed by atoms with Crippen molar-refractivity contribution in [1.82, 2.24) is 0 Å². The third-order valence-electron chi connectivity index (χ3n) is 2.68. The lowest BCUT2D eigenvalue weighted by atomic mass is 9.90. The van der Waals surface area contributed by atoms with Crippen molar-refractivity contribution in [3.8, 4) is 0 Å². The summed E-state index contributed by atoms with van der Waals surface area (Å²) in [6.07, 6.45) is -2.60. The fraction of sp³-hybridized carbons (Fsp3) is 0.273. The van der Waals surface area contributed by atoms with Crippen molar-refractivity contribution >= 4 is 34.8 Å². The van der Waals surface area contributed by atoms with Crippen LogP contribution in [0.3, 0.4) is 0 Å². The predicted octanol–water partition coefficient (Wildman–Crippen LogP) is 5.34. The molecule has 18 heavy (non-hydrogen) atoms. The van der Waals surface area contributed by atoms with E-state index >= 15 is 0 Å². The molecule has 98 valence electrons. The van der Waals surface area contributed by atoms with Crippen molar-refractivity contribution in [3.05, 3.63) is 45.1 Å². The highest BCUT2D eigenvalue weighted by Crippen LogP contribution is 2.49. The van der Waals surface area contributed by atoms with Gasteiger partial charge in [-0.25, -0.2) is 0 Å². The Morgan fingerprint density at radius 3 is 2.06 bits per heavy atom. The molecule has 0 saturated carbocycles. The molecule has 0 aliphatic carbocycles.